The number of carbonyl (C=O) groups excluding carboxylic acids is 5. The van der Waals surface area contributed by atoms with Crippen LogP contribution in [-0.4, -0.2) is 76.5 Å². The molecule has 176 valence electrons. The summed E-state index contributed by atoms with van der Waals surface area (Å²) in [6.45, 7) is 4.28. The van der Waals surface area contributed by atoms with E-state index in [2.05, 4.69) is 0 Å². The van der Waals surface area contributed by atoms with Gasteiger partial charge in [0.25, 0.3) is 17.7 Å². The molecule has 0 N–H and O–H groups in total. The minimum absolute atomic E-state index is 0.225. The summed E-state index contributed by atoms with van der Waals surface area (Å²) in [7, 11) is 0. The standard InChI is InChI=1S/C25H25N3O6/c1-16(28-24(32)20-9-3-4-10-21(20)25(28)33)22(30)26-11-6-12-27(14-13-26)23(31)18-7-5-8-19(15-18)34-17(2)29/h3-5,7-10,15-16H,6,11-14H2,1-2H3. The Morgan fingerprint density at radius 2 is 1.47 bits per heavy atom. The molecule has 0 aromatic heterocycles. The highest BCUT2D eigenvalue weighted by Crippen LogP contribution is 2.25. The Morgan fingerprint density at radius 3 is 2.12 bits per heavy atom. The van der Waals surface area contributed by atoms with Crippen LogP contribution < -0.4 is 4.74 Å². The van der Waals surface area contributed by atoms with Crippen LogP contribution in [0.25, 0.3) is 0 Å². The summed E-state index contributed by atoms with van der Waals surface area (Å²) < 4.78 is 5.06. The number of carbonyl (C=O) groups is 5. The molecule has 2 aromatic rings. The molecule has 0 spiro atoms. The molecular formula is C25H25N3O6. The number of amides is 4. The third-order valence-corrected chi connectivity index (χ3v) is 6.01. The van der Waals surface area contributed by atoms with E-state index in [0.717, 1.165) is 4.90 Å². The lowest BCUT2D eigenvalue weighted by Gasteiger charge is -2.28. The first-order valence-corrected chi connectivity index (χ1v) is 11.1. The van der Waals surface area contributed by atoms with Crippen LogP contribution in [0.3, 0.4) is 0 Å². The first-order chi connectivity index (χ1) is 16.3. The summed E-state index contributed by atoms with van der Waals surface area (Å²) in [5, 5.41) is 0. The smallest absolute Gasteiger partial charge is 0.308 e. The van der Waals surface area contributed by atoms with Gasteiger partial charge in [-0.1, -0.05) is 18.2 Å². The van der Waals surface area contributed by atoms with Gasteiger partial charge >= 0.3 is 5.97 Å². The van der Waals surface area contributed by atoms with E-state index in [0.29, 0.717) is 48.5 Å². The third kappa shape index (κ3) is 4.41. The van der Waals surface area contributed by atoms with Gasteiger partial charge in [0.2, 0.25) is 5.91 Å². The van der Waals surface area contributed by atoms with E-state index in [1.54, 1.807) is 59.2 Å². The first kappa shape index (κ1) is 23.2. The van der Waals surface area contributed by atoms with Gasteiger partial charge in [0, 0.05) is 38.7 Å². The van der Waals surface area contributed by atoms with Crippen LogP contribution in [0.4, 0.5) is 0 Å². The summed E-state index contributed by atoms with van der Waals surface area (Å²) in [6, 6.07) is 12.0. The molecule has 2 aliphatic rings. The Morgan fingerprint density at radius 1 is 0.853 bits per heavy atom. The van der Waals surface area contributed by atoms with Crippen LogP contribution in [-0.2, 0) is 9.59 Å². The number of benzene rings is 2. The van der Waals surface area contributed by atoms with Crippen molar-refractivity contribution in [3.05, 3.63) is 65.2 Å². The number of nitrogens with zero attached hydrogens (tertiary/aromatic N) is 3. The molecule has 0 bridgehead atoms. The first-order valence-electron chi connectivity index (χ1n) is 11.1. The molecule has 2 aliphatic heterocycles. The number of hydrogen-bond donors (Lipinski definition) is 0. The maximum absolute atomic E-state index is 13.2. The normalized spacial score (nSPS) is 16.7. The molecule has 0 aliphatic carbocycles. The maximum Gasteiger partial charge on any atom is 0.308 e. The lowest BCUT2D eigenvalue weighted by Crippen LogP contribution is -2.50. The average molecular weight is 463 g/mol. The molecule has 1 atom stereocenters. The Bertz CT molecular complexity index is 1140. The van der Waals surface area contributed by atoms with Crippen molar-refractivity contribution in [1.29, 1.82) is 0 Å². The fourth-order valence-corrected chi connectivity index (χ4v) is 4.32. The molecule has 9 heteroatoms. The number of ether oxygens (including phenoxy) is 1. The molecule has 4 amide bonds. The molecule has 2 heterocycles. The van der Waals surface area contributed by atoms with Gasteiger partial charge in [-0.05, 0) is 43.7 Å². The topological polar surface area (TPSA) is 104 Å². The predicted octanol–water partition coefficient (Wildman–Crippen LogP) is 1.97. The van der Waals surface area contributed by atoms with E-state index in [1.807, 2.05) is 0 Å². The molecule has 4 rings (SSSR count). The Hall–Kier alpha value is -4.01. The monoisotopic (exact) mass is 463 g/mol. The van der Waals surface area contributed by atoms with Gasteiger partial charge in [-0.3, -0.25) is 28.9 Å². The summed E-state index contributed by atoms with van der Waals surface area (Å²) in [4.78, 5) is 67.2. The molecule has 2 aromatic carbocycles. The van der Waals surface area contributed by atoms with Crippen molar-refractivity contribution in [1.82, 2.24) is 14.7 Å². The SMILES string of the molecule is CC(=O)Oc1cccc(C(=O)N2CCCN(C(=O)C(C)N3C(=O)c4ccccc4C3=O)CC2)c1. The van der Waals surface area contributed by atoms with Crippen molar-refractivity contribution in [3.8, 4) is 5.75 Å². The van der Waals surface area contributed by atoms with Gasteiger partial charge in [0.05, 0.1) is 11.1 Å². The zero-order chi connectivity index (χ0) is 24.4. The van der Waals surface area contributed by atoms with Gasteiger partial charge in [0.1, 0.15) is 11.8 Å². The van der Waals surface area contributed by atoms with E-state index in [9.17, 15) is 24.0 Å². The Balaban J connectivity index is 1.42. The van der Waals surface area contributed by atoms with Gasteiger partial charge in [-0.15, -0.1) is 0 Å². The molecule has 1 saturated heterocycles. The van der Waals surface area contributed by atoms with Gasteiger partial charge in [-0.2, -0.15) is 0 Å². The van der Waals surface area contributed by atoms with Crippen LogP contribution in [0.5, 0.6) is 5.75 Å². The van der Waals surface area contributed by atoms with E-state index in [4.69, 9.17) is 4.74 Å². The van der Waals surface area contributed by atoms with E-state index >= 15 is 0 Å². The van der Waals surface area contributed by atoms with Crippen molar-refractivity contribution < 1.29 is 28.7 Å². The van der Waals surface area contributed by atoms with Crippen molar-refractivity contribution >= 4 is 29.6 Å². The third-order valence-electron chi connectivity index (χ3n) is 6.01. The fourth-order valence-electron chi connectivity index (χ4n) is 4.32. The zero-order valence-corrected chi connectivity index (χ0v) is 19.0. The fraction of sp³-hybridized carbons (Fsp3) is 0.320. The highest BCUT2D eigenvalue weighted by atomic mass is 16.5. The Labute approximate surface area is 196 Å². The lowest BCUT2D eigenvalue weighted by molar-refractivity contribution is -0.134. The highest BCUT2D eigenvalue weighted by Gasteiger charge is 2.42. The number of esters is 1. The average Bonchev–Trinajstić information content (AvgIpc) is 2.98. The largest absolute Gasteiger partial charge is 0.427 e. The van der Waals surface area contributed by atoms with E-state index < -0.39 is 23.8 Å². The number of hydrogen-bond acceptors (Lipinski definition) is 6. The molecule has 0 saturated carbocycles. The molecule has 34 heavy (non-hydrogen) atoms. The lowest BCUT2D eigenvalue weighted by atomic mass is 10.1. The predicted molar refractivity (Wildman–Crippen MR) is 121 cm³/mol. The van der Waals surface area contributed by atoms with E-state index in [1.165, 1.54) is 13.0 Å². The maximum atomic E-state index is 13.2. The molecule has 1 fully saturated rings. The number of imide groups is 1. The minimum Gasteiger partial charge on any atom is -0.427 e. The van der Waals surface area contributed by atoms with Gasteiger partial charge in [0.15, 0.2) is 0 Å². The quantitative estimate of drug-likeness (QED) is 0.390. The van der Waals surface area contributed by atoms with Crippen LogP contribution in [0.2, 0.25) is 0 Å². The van der Waals surface area contributed by atoms with Gasteiger partial charge < -0.3 is 14.5 Å². The molecule has 1 unspecified atom stereocenters. The van der Waals surface area contributed by atoms with Crippen LogP contribution in [0.1, 0.15) is 51.3 Å². The second-order valence-electron chi connectivity index (χ2n) is 8.29. The molecule has 0 radical (unpaired) electrons. The van der Waals surface area contributed by atoms with Gasteiger partial charge in [-0.25, -0.2) is 0 Å². The van der Waals surface area contributed by atoms with E-state index in [-0.39, 0.29) is 18.4 Å². The summed E-state index contributed by atoms with van der Waals surface area (Å²) in [6.07, 6.45) is 0.552. The van der Waals surface area contributed by atoms with Crippen LogP contribution >= 0.6 is 0 Å². The van der Waals surface area contributed by atoms with Crippen LogP contribution in [0.15, 0.2) is 48.5 Å². The summed E-state index contributed by atoms with van der Waals surface area (Å²) in [5.41, 5.74) is 0.990. The van der Waals surface area contributed by atoms with Crippen molar-refractivity contribution in [3.63, 3.8) is 0 Å². The zero-order valence-electron chi connectivity index (χ0n) is 19.0. The summed E-state index contributed by atoms with van der Waals surface area (Å²) in [5.74, 6) is -1.68. The van der Waals surface area contributed by atoms with Crippen LogP contribution in [0, 0.1) is 0 Å². The number of rotatable bonds is 4. The highest BCUT2D eigenvalue weighted by molar-refractivity contribution is 6.22. The van der Waals surface area contributed by atoms with Crippen molar-refractivity contribution in [2.45, 2.75) is 26.3 Å². The second-order valence-corrected chi connectivity index (χ2v) is 8.29. The van der Waals surface area contributed by atoms with Crippen molar-refractivity contribution in [2.75, 3.05) is 26.2 Å². The Kier molecular flexibility index (Phi) is 6.45. The van der Waals surface area contributed by atoms with Crippen molar-refractivity contribution in [2.24, 2.45) is 0 Å². The molecular weight excluding hydrogens is 438 g/mol. The minimum atomic E-state index is -0.949. The second kappa shape index (κ2) is 9.46. The molecule has 9 nitrogen and oxygen atoms in total. The summed E-state index contributed by atoms with van der Waals surface area (Å²) >= 11 is 0. The number of fused-ring (bicyclic) bond motifs is 1.